The highest BCUT2D eigenvalue weighted by atomic mass is 35.5. The van der Waals surface area contributed by atoms with Crippen molar-refractivity contribution in [3.05, 3.63) is 37.2 Å². The van der Waals surface area contributed by atoms with Gasteiger partial charge in [-0.3, -0.25) is 9.97 Å². The smallest absolute Gasteiger partial charge is 0.147 e. The second-order valence-corrected chi connectivity index (χ2v) is 11.6. The summed E-state index contributed by atoms with van der Waals surface area (Å²) in [6.07, 6.45) is 31.7. The molecule has 37 heavy (non-hydrogen) atoms. The Morgan fingerprint density at radius 3 is 1.27 bits per heavy atom. The predicted molar refractivity (Wildman–Crippen MR) is 151 cm³/mol. The maximum Gasteiger partial charge on any atom is 0.147 e. The molecule has 6 aliphatic rings. The van der Waals surface area contributed by atoms with Crippen LogP contribution < -0.4 is 15.1 Å². The molecule has 6 unspecified atom stereocenters. The lowest BCUT2D eigenvalue weighted by Crippen LogP contribution is -2.40. The number of anilines is 2. The summed E-state index contributed by atoms with van der Waals surface area (Å²) in [4.78, 5) is 22.1. The molecule has 1 N–H and O–H groups in total. The zero-order valence-corrected chi connectivity index (χ0v) is 22.9. The van der Waals surface area contributed by atoms with E-state index in [4.69, 9.17) is 0 Å². The third-order valence-electron chi connectivity index (χ3n) is 9.46. The van der Waals surface area contributed by atoms with E-state index in [1.807, 2.05) is 12.4 Å². The highest BCUT2D eigenvalue weighted by Gasteiger charge is 2.38. The molecule has 8 heteroatoms. The number of rotatable bonds is 2. The Kier molecular flexibility index (Phi) is 9.14. The Balaban J connectivity index is 0.000000116. The lowest BCUT2D eigenvalue weighted by Gasteiger charge is -2.35. The quantitative estimate of drug-likeness (QED) is 0.538. The van der Waals surface area contributed by atoms with E-state index in [2.05, 4.69) is 35.1 Å². The maximum absolute atomic E-state index is 4.41. The molecule has 6 aliphatic heterocycles. The van der Waals surface area contributed by atoms with Gasteiger partial charge in [-0.15, -0.1) is 12.4 Å². The monoisotopic (exact) mass is 525 g/mol. The largest absolute Gasteiger partial charge is 0.349 e. The molecule has 0 saturated carbocycles. The molecule has 0 spiro atoms. The Bertz CT molecular complexity index is 836. The summed E-state index contributed by atoms with van der Waals surface area (Å²) in [5, 5.41) is 3.59. The molecule has 0 radical (unpaired) electrons. The van der Waals surface area contributed by atoms with Crippen LogP contribution in [0.5, 0.6) is 0 Å². The molecule has 202 valence electrons. The van der Waals surface area contributed by atoms with Gasteiger partial charge in [0, 0.05) is 61.0 Å². The van der Waals surface area contributed by atoms with Crippen molar-refractivity contribution in [1.29, 1.82) is 0 Å². The van der Waals surface area contributed by atoms with Crippen LogP contribution in [0.2, 0.25) is 0 Å². The minimum absolute atomic E-state index is 0. The van der Waals surface area contributed by atoms with Crippen LogP contribution in [0.25, 0.3) is 0 Å². The lowest BCUT2D eigenvalue weighted by atomic mass is 10.0. The van der Waals surface area contributed by atoms with Crippen molar-refractivity contribution in [1.82, 2.24) is 25.3 Å². The third kappa shape index (κ3) is 6.19. The third-order valence-corrected chi connectivity index (χ3v) is 9.46. The topological polar surface area (TPSA) is 70.1 Å². The Hall–Kier alpha value is -1.99. The van der Waals surface area contributed by atoms with E-state index in [9.17, 15) is 0 Å². The van der Waals surface area contributed by atoms with Crippen molar-refractivity contribution in [2.45, 2.75) is 133 Å². The first-order valence-electron chi connectivity index (χ1n) is 14.7. The normalized spacial score (nSPS) is 33.0. The molecule has 0 amide bonds. The van der Waals surface area contributed by atoms with Crippen molar-refractivity contribution in [3.63, 3.8) is 0 Å². The van der Waals surface area contributed by atoms with Crippen LogP contribution in [0.15, 0.2) is 37.2 Å². The van der Waals surface area contributed by atoms with Crippen molar-refractivity contribution in [2.24, 2.45) is 0 Å². The van der Waals surface area contributed by atoms with Gasteiger partial charge in [0.2, 0.25) is 0 Å². The second kappa shape index (κ2) is 12.7. The van der Waals surface area contributed by atoms with E-state index in [0.29, 0.717) is 0 Å². The summed E-state index contributed by atoms with van der Waals surface area (Å²) in [6, 6.07) is 4.79. The zero-order chi connectivity index (χ0) is 24.2. The van der Waals surface area contributed by atoms with Gasteiger partial charge in [0.25, 0.3) is 0 Å². The summed E-state index contributed by atoms with van der Waals surface area (Å²) in [5.41, 5.74) is 0. The molecular weight excluding hydrogens is 482 g/mol. The van der Waals surface area contributed by atoms with Gasteiger partial charge >= 0.3 is 0 Å². The summed E-state index contributed by atoms with van der Waals surface area (Å²) >= 11 is 0. The predicted octanol–water partition coefficient (Wildman–Crippen LogP) is 5.71. The van der Waals surface area contributed by atoms with Crippen molar-refractivity contribution in [2.75, 3.05) is 9.80 Å². The van der Waals surface area contributed by atoms with Crippen molar-refractivity contribution in [3.8, 4) is 0 Å². The van der Waals surface area contributed by atoms with Crippen molar-refractivity contribution >= 4 is 24.0 Å². The van der Waals surface area contributed by atoms with E-state index in [1.54, 1.807) is 24.8 Å². The molecule has 2 aromatic rings. The SMILES string of the molecule is C1CC2CCC(C1)N2.Cl.c1cnc(N2C3CCCC2CC3)cn1.c1cnc(N2C3CCCC2CC3)cn1. The number of nitrogens with zero attached hydrogens (tertiary/aromatic N) is 6. The van der Waals surface area contributed by atoms with Gasteiger partial charge in [0.15, 0.2) is 0 Å². The molecule has 6 saturated heterocycles. The summed E-state index contributed by atoms with van der Waals surface area (Å²) in [6.45, 7) is 0. The molecule has 0 aliphatic carbocycles. The molecule has 7 nitrogen and oxygen atoms in total. The lowest BCUT2D eigenvalue weighted by molar-refractivity contribution is 0.406. The zero-order valence-electron chi connectivity index (χ0n) is 22.1. The first-order chi connectivity index (χ1) is 17.8. The van der Waals surface area contributed by atoms with Gasteiger partial charge < -0.3 is 15.1 Å². The minimum atomic E-state index is 0. The number of nitrogens with one attached hydrogen (secondary N) is 1. The van der Waals surface area contributed by atoms with Crippen LogP contribution in [0.1, 0.15) is 96.3 Å². The van der Waals surface area contributed by atoms with Gasteiger partial charge in [-0.05, 0) is 89.9 Å². The first-order valence-corrected chi connectivity index (χ1v) is 14.7. The number of halogens is 1. The van der Waals surface area contributed by atoms with Gasteiger partial charge in [-0.2, -0.15) is 0 Å². The second-order valence-electron chi connectivity index (χ2n) is 11.6. The van der Waals surface area contributed by atoms with Gasteiger partial charge in [-0.25, -0.2) is 9.97 Å². The molecule has 0 aromatic carbocycles. The molecule has 8 rings (SSSR count). The molecular formula is C29H44ClN7. The molecule has 8 heterocycles. The first kappa shape index (κ1) is 26.6. The average molecular weight is 526 g/mol. The van der Waals surface area contributed by atoms with E-state index in [-0.39, 0.29) is 12.4 Å². The molecule has 6 atom stereocenters. The van der Waals surface area contributed by atoms with E-state index in [0.717, 1.165) is 47.9 Å². The van der Waals surface area contributed by atoms with Crippen LogP contribution in [0.3, 0.4) is 0 Å². The van der Waals surface area contributed by atoms with Crippen LogP contribution >= 0.6 is 12.4 Å². The van der Waals surface area contributed by atoms with Gasteiger partial charge in [0.05, 0.1) is 12.4 Å². The summed E-state index contributed by atoms with van der Waals surface area (Å²) < 4.78 is 0. The van der Waals surface area contributed by atoms with Crippen LogP contribution in [0, 0.1) is 0 Å². The van der Waals surface area contributed by atoms with Crippen LogP contribution in [0.4, 0.5) is 11.6 Å². The standard InChI is InChI=1S/2C11H15N3.C7H13N.ClH/c2*1-2-9-4-5-10(3-1)14(9)11-8-12-6-7-13-11;1-2-6-4-5-7(3-1)8-6;/h2*6-10H,1-5H2;6-8H,1-5H2;1H. The Morgan fingerprint density at radius 1 is 0.514 bits per heavy atom. The number of fused-ring (bicyclic) bond motifs is 6. The minimum Gasteiger partial charge on any atom is -0.349 e. The fraction of sp³-hybridized carbons (Fsp3) is 0.724. The summed E-state index contributed by atoms with van der Waals surface area (Å²) in [7, 11) is 0. The van der Waals surface area contributed by atoms with E-state index >= 15 is 0 Å². The van der Waals surface area contributed by atoms with Gasteiger partial charge in [-0.1, -0.05) is 6.42 Å². The Morgan fingerprint density at radius 2 is 0.919 bits per heavy atom. The maximum atomic E-state index is 4.41. The molecule has 6 bridgehead atoms. The average Bonchev–Trinajstić information content (AvgIpc) is 3.50. The Labute approximate surface area is 228 Å². The van der Waals surface area contributed by atoms with Crippen LogP contribution in [-0.4, -0.2) is 56.2 Å². The fourth-order valence-electron chi connectivity index (χ4n) is 7.80. The fourth-order valence-corrected chi connectivity index (χ4v) is 7.80. The number of piperidine rings is 3. The van der Waals surface area contributed by atoms with E-state index in [1.165, 1.54) is 96.3 Å². The van der Waals surface area contributed by atoms with Crippen LogP contribution in [-0.2, 0) is 0 Å². The number of hydrogen-bond donors (Lipinski definition) is 1. The van der Waals surface area contributed by atoms with Gasteiger partial charge in [0.1, 0.15) is 11.6 Å². The highest BCUT2D eigenvalue weighted by Crippen LogP contribution is 2.38. The number of aromatic nitrogens is 4. The highest BCUT2D eigenvalue weighted by molar-refractivity contribution is 5.85. The number of hydrogen-bond acceptors (Lipinski definition) is 7. The molecule has 6 fully saturated rings. The van der Waals surface area contributed by atoms with Crippen molar-refractivity contribution < 1.29 is 0 Å². The van der Waals surface area contributed by atoms with E-state index < -0.39 is 0 Å². The molecule has 2 aromatic heterocycles. The summed E-state index contributed by atoms with van der Waals surface area (Å²) in [5.74, 6) is 2.17.